The Bertz CT molecular complexity index is 1880. The van der Waals surface area contributed by atoms with Crippen molar-refractivity contribution in [3.05, 3.63) is 35.9 Å². The summed E-state index contributed by atoms with van der Waals surface area (Å²) in [5.74, 6) is -6.94. The zero-order valence-electron chi connectivity index (χ0n) is 39.5. The third-order valence-electron chi connectivity index (χ3n) is 13.9. The number of cyclic esters (lactones) is 2. The van der Waals surface area contributed by atoms with Gasteiger partial charge in [0, 0.05) is 32.7 Å². The highest BCUT2D eigenvalue weighted by atomic mass is 16.6. The maximum atomic E-state index is 14.8. The van der Waals surface area contributed by atoms with Crippen LogP contribution >= 0.6 is 0 Å². The largest absolute Gasteiger partial charge is 0.452 e. The Morgan fingerprint density at radius 1 is 0.625 bits per heavy atom. The Morgan fingerprint density at radius 3 is 1.70 bits per heavy atom. The molecule has 2 N–H and O–H groups in total. The standard InChI is InChI=1S/C48H72N6O10/c1-11-29(6)39-45(59)53-24-16-21-35(53)42(56)50-38(30(7)26-33-18-13-12-14-19-33)44(58)52-23-15-20-34(52)41(55)49-37(27(2)3)31(8)47(61)63-32(9)43(57)54-25-17-22-36(54)48(62)64-40(28(4)5)46(60)51(39)10/h12-14,18-19,27-32,34-40H,11,15-17,20-26H2,1-10H3,(H,49,55)(H,50,56)/t29?,30?,31?,32?,34-,35-,36-,37?,38?,39+,40+/m0/s1. The van der Waals surface area contributed by atoms with Crippen LogP contribution in [-0.2, 0) is 54.3 Å². The van der Waals surface area contributed by atoms with Crippen LogP contribution in [0.15, 0.2) is 30.3 Å². The van der Waals surface area contributed by atoms with Gasteiger partial charge in [0.05, 0.1) is 5.92 Å². The minimum atomic E-state index is -1.30. The molecule has 11 atom stereocenters. The van der Waals surface area contributed by atoms with E-state index in [1.807, 2.05) is 65.0 Å². The average Bonchev–Trinajstić information content (AvgIpc) is 4.07. The summed E-state index contributed by atoms with van der Waals surface area (Å²) in [6.07, 6.45) is 0.895. The zero-order chi connectivity index (χ0) is 47.2. The van der Waals surface area contributed by atoms with E-state index in [2.05, 4.69) is 10.6 Å². The monoisotopic (exact) mass is 893 g/mol. The van der Waals surface area contributed by atoms with Crippen LogP contribution in [0.25, 0.3) is 0 Å². The van der Waals surface area contributed by atoms with Crippen molar-refractivity contribution >= 4 is 47.4 Å². The molecule has 1 aromatic rings. The van der Waals surface area contributed by atoms with Gasteiger partial charge >= 0.3 is 11.9 Å². The van der Waals surface area contributed by atoms with E-state index in [0.29, 0.717) is 44.9 Å². The molecule has 0 spiro atoms. The summed E-state index contributed by atoms with van der Waals surface area (Å²) in [4.78, 5) is 120. The number of rotatable bonds is 7. The minimum Gasteiger partial charge on any atom is -0.452 e. The normalized spacial score (nSPS) is 30.8. The summed E-state index contributed by atoms with van der Waals surface area (Å²) in [7, 11) is 1.51. The maximum Gasteiger partial charge on any atom is 0.329 e. The average molecular weight is 893 g/mol. The second-order valence-electron chi connectivity index (χ2n) is 19.2. The molecule has 0 aromatic heterocycles. The summed E-state index contributed by atoms with van der Waals surface area (Å²) < 4.78 is 11.7. The van der Waals surface area contributed by atoms with Gasteiger partial charge in [-0.15, -0.1) is 0 Å². The molecule has 0 aliphatic carbocycles. The minimum absolute atomic E-state index is 0.207. The molecule has 1 aromatic carbocycles. The highest BCUT2D eigenvalue weighted by Gasteiger charge is 2.47. The number of benzene rings is 1. The Hall–Kier alpha value is -5.02. The summed E-state index contributed by atoms with van der Waals surface area (Å²) in [6, 6.07) is 3.94. The second-order valence-corrected chi connectivity index (χ2v) is 19.2. The van der Waals surface area contributed by atoms with Gasteiger partial charge in [-0.05, 0) is 88.0 Å². The predicted octanol–water partition coefficient (Wildman–Crippen LogP) is 3.49. The molecule has 4 aliphatic heterocycles. The lowest BCUT2D eigenvalue weighted by molar-refractivity contribution is -0.172. The number of likely N-dealkylation sites (N-methyl/N-ethyl adjacent to an activating group) is 1. The molecule has 354 valence electrons. The molecular weight excluding hydrogens is 821 g/mol. The number of hydrogen-bond donors (Lipinski definition) is 2. The number of hydrogen-bond acceptors (Lipinski definition) is 10. The number of nitrogens with zero attached hydrogens (tertiary/aromatic N) is 4. The fourth-order valence-electron chi connectivity index (χ4n) is 9.90. The van der Waals surface area contributed by atoms with Crippen LogP contribution in [0.3, 0.4) is 0 Å². The van der Waals surface area contributed by atoms with Gasteiger partial charge in [-0.1, -0.05) is 85.2 Å². The number of carbonyl (C=O) groups excluding carboxylic acids is 8. The van der Waals surface area contributed by atoms with Gasteiger partial charge in [-0.2, -0.15) is 0 Å². The number of fused-ring (bicyclic) bond motifs is 3. The Labute approximate surface area is 378 Å². The number of nitrogens with one attached hydrogen (secondary N) is 2. The molecule has 16 heteroatoms. The van der Waals surface area contributed by atoms with Crippen LogP contribution in [0.2, 0.25) is 0 Å². The highest BCUT2D eigenvalue weighted by molar-refractivity contribution is 5.97. The van der Waals surface area contributed by atoms with Crippen LogP contribution in [0.5, 0.6) is 0 Å². The van der Waals surface area contributed by atoms with E-state index in [9.17, 15) is 38.4 Å². The van der Waals surface area contributed by atoms with E-state index < -0.39 is 114 Å². The molecule has 6 amide bonds. The van der Waals surface area contributed by atoms with Crippen molar-refractivity contribution in [2.45, 2.75) is 162 Å². The van der Waals surface area contributed by atoms with E-state index in [4.69, 9.17) is 9.47 Å². The third kappa shape index (κ3) is 11.1. The number of ether oxygens (including phenoxy) is 2. The van der Waals surface area contributed by atoms with Crippen molar-refractivity contribution < 1.29 is 47.8 Å². The molecule has 0 radical (unpaired) electrons. The first kappa shape index (κ1) is 50.0. The Kier molecular flexibility index (Phi) is 17.0. The first-order chi connectivity index (χ1) is 30.3. The maximum absolute atomic E-state index is 14.8. The Morgan fingerprint density at radius 2 is 1.16 bits per heavy atom. The highest BCUT2D eigenvalue weighted by Crippen LogP contribution is 2.29. The van der Waals surface area contributed by atoms with Crippen LogP contribution in [0.1, 0.15) is 113 Å². The Balaban J connectivity index is 1.55. The fraction of sp³-hybridized carbons (Fsp3) is 0.708. The van der Waals surface area contributed by atoms with Crippen molar-refractivity contribution in [1.29, 1.82) is 0 Å². The van der Waals surface area contributed by atoms with Crippen molar-refractivity contribution in [3.8, 4) is 0 Å². The molecule has 6 unspecified atom stereocenters. The van der Waals surface area contributed by atoms with E-state index >= 15 is 0 Å². The molecule has 4 aliphatic rings. The molecular formula is C48H72N6O10. The number of carbonyl (C=O) groups is 8. The second kappa shape index (κ2) is 21.8. The summed E-state index contributed by atoms with van der Waals surface area (Å²) in [5.41, 5.74) is 0.956. The van der Waals surface area contributed by atoms with Gasteiger partial charge in [0.25, 0.3) is 11.8 Å². The van der Waals surface area contributed by atoms with Gasteiger partial charge in [0.15, 0.2) is 12.2 Å². The SMILES string of the molecule is CCC(C)[C@@H]1C(=O)N2CCC[C@H]2C(=O)NC(C(C)Cc2ccccc2)C(=O)N2CCC[C@H]2C(=O)NC(C(C)C)C(C)C(=O)OC(C)C(=O)N2CCC[C@H]2C(=O)O[C@H](C(C)C)C(=O)N1C. The van der Waals surface area contributed by atoms with Crippen molar-refractivity contribution in [2.24, 2.45) is 29.6 Å². The smallest absolute Gasteiger partial charge is 0.329 e. The molecule has 16 nitrogen and oxygen atoms in total. The number of esters is 2. The number of amides is 6. The lowest BCUT2D eigenvalue weighted by Gasteiger charge is -2.38. The third-order valence-corrected chi connectivity index (χ3v) is 13.9. The molecule has 64 heavy (non-hydrogen) atoms. The first-order valence-corrected chi connectivity index (χ1v) is 23.5. The topological polar surface area (TPSA) is 192 Å². The molecule has 4 saturated heterocycles. The summed E-state index contributed by atoms with van der Waals surface area (Å²) >= 11 is 0. The zero-order valence-corrected chi connectivity index (χ0v) is 39.5. The van der Waals surface area contributed by atoms with Crippen LogP contribution in [-0.4, -0.2) is 142 Å². The molecule has 4 fully saturated rings. The molecule has 0 bridgehead atoms. The summed E-state index contributed by atoms with van der Waals surface area (Å²) in [5, 5.41) is 6.07. The fourth-order valence-corrected chi connectivity index (χ4v) is 9.90. The van der Waals surface area contributed by atoms with Crippen LogP contribution < -0.4 is 10.6 Å². The van der Waals surface area contributed by atoms with Gasteiger partial charge in [0.1, 0.15) is 30.2 Å². The van der Waals surface area contributed by atoms with Crippen LogP contribution in [0, 0.1) is 29.6 Å². The predicted molar refractivity (Wildman–Crippen MR) is 238 cm³/mol. The van der Waals surface area contributed by atoms with Gasteiger partial charge in [-0.3, -0.25) is 33.6 Å². The molecule has 4 heterocycles. The molecule has 0 saturated carbocycles. The van der Waals surface area contributed by atoms with Gasteiger partial charge in [-0.25, -0.2) is 4.79 Å². The lowest BCUT2D eigenvalue weighted by atomic mass is 9.91. The van der Waals surface area contributed by atoms with Gasteiger partial charge in [0.2, 0.25) is 23.6 Å². The van der Waals surface area contributed by atoms with E-state index in [-0.39, 0.29) is 37.9 Å². The van der Waals surface area contributed by atoms with E-state index in [1.165, 1.54) is 33.6 Å². The first-order valence-electron chi connectivity index (χ1n) is 23.5. The van der Waals surface area contributed by atoms with Crippen molar-refractivity contribution in [1.82, 2.24) is 30.2 Å². The molecule has 5 rings (SSSR count). The van der Waals surface area contributed by atoms with Crippen molar-refractivity contribution in [3.63, 3.8) is 0 Å². The van der Waals surface area contributed by atoms with Crippen molar-refractivity contribution in [2.75, 3.05) is 26.7 Å². The summed E-state index contributed by atoms with van der Waals surface area (Å²) in [6.45, 7) is 16.6. The van der Waals surface area contributed by atoms with Crippen LogP contribution in [0.4, 0.5) is 0 Å². The van der Waals surface area contributed by atoms with Gasteiger partial charge < -0.3 is 39.7 Å². The lowest BCUT2D eigenvalue weighted by Crippen LogP contribution is -2.61. The van der Waals surface area contributed by atoms with E-state index in [1.54, 1.807) is 20.8 Å². The van der Waals surface area contributed by atoms with E-state index in [0.717, 1.165) is 5.56 Å². The quantitative estimate of drug-likeness (QED) is 0.384.